The highest BCUT2D eigenvalue weighted by molar-refractivity contribution is 7.81. The van der Waals surface area contributed by atoms with Gasteiger partial charge in [-0.15, -0.1) is 11.3 Å². The molecule has 0 aliphatic carbocycles. The van der Waals surface area contributed by atoms with Crippen molar-refractivity contribution in [1.29, 1.82) is 0 Å². The maximum Gasteiger partial charge on any atom is 0.250 e. The highest BCUT2D eigenvalue weighted by Crippen LogP contribution is 2.23. The van der Waals surface area contributed by atoms with Crippen molar-refractivity contribution in [2.75, 3.05) is 10.6 Å². The maximum absolute atomic E-state index is 11.8. The highest BCUT2D eigenvalue weighted by atomic mass is 32.1. The number of allylic oxidation sites excluding steroid dienone is 1. The molecule has 9 heteroatoms. The lowest BCUT2D eigenvalue weighted by molar-refractivity contribution is -0.118. The van der Waals surface area contributed by atoms with Crippen LogP contribution < -0.4 is 27.8 Å². The average molecular weight is 404 g/mol. The van der Waals surface area contributed by atoms with Crippen LogP contribution in [0.2, 0.25) is 0 Å². The van der Waals surface area contributed by atoms with Gasteiger partial charge in [-0.25, -0.2) is 0 Å². The molecule has 0 spiro atoms. The van der Waals surface area contributed by atoms with Gasteiger partial charge in [-0.05, 0) is 42.6 Å². The number of carbonyl (C=O) groups is 2. The first-order chi connectivity index (χ1) is 12.8. The van der Waals surface area contributed by atoms with Gasteiger partial charge in [0.05, 0.1) is 11.3 Å². The molecule has 27 heavy (non-hydrogen) atoms. The quantitative estimate of drug-likeness (QED) is 0.338. The third-order valence-corrected chi connectivity index (χ3v) is 4.69. The highest BCUT2D eigenvalue weighted by Gasteiger charge is 2.18. The fourth-order valence-corrected chi connectivity index (χ4v) is 3.43. The van der Waals surface area contributed by atoms with Crippen molar-refractivity contribution >= 4 is 51.7 Å². The van der Waals surface area contributed by atoms with E-state index in [4.69, 9.17) is 29.4 Å². The first kappa shape index (κ1) is 20.4. The van der Waals surface area contributed by atoms with E-state index in [1.807, 2.05) is 17.5 Å². The molecule has 0 aliphatic rings. The second-order valence-corrected chi connectivity index (χ2v) is 7.36. The Labute approximate surface area is 166 Å². The van der Waals surface area contributed by atoms with Crippen LogP contribution in [0, 0.1) is 0 Å². The normalized spacial score (nSPS) is 12.3. The second kappa shape index (κ2) is 9.15. The Morgan fingerprint density at radius 3 is 2.56 bits per heavy atom. The van der Waals surface area contributed by atoms with Gasteiger partial charge < -0.3 is 27.8 Å². The van der Waals surface area contributed by atoms with Crippen LogP contribution in [0.25, 0.3) is 0 Å². The number of hydrogen-bond donors (Lipinski definition) is 5. The van der Waals surface area contributed by atoms with E-state index < -0.39 is 17.9 Å². The lowest BCUT2D eigenvalue weighted by Crippen LogP contribution is -2.37. The van der Waals surface area contributed by atoms with Crippen LogP contribution in [-0.2, 0) is 11.2 Å². The van der Waals surface area contributed by atoms with Gasteiger partial charge in [0.2, 0.25) is 5.91 Å². The zero-order valence-electron chi connectivity index (χ0n) is 14.7. The van der Waals surface area contributed by atoms with Gasteiger partial charge in [-0.3, -0.25) is 9.59 Å². The molecule has 0 bridgehead atoms. The van der Waals surface area contributed by atoms with Gasteiger partial charge in [-0.2, -0.15) is 0 Å². The molecule has 7 nitrogen and oxygen atoms in total. The van der Waals surface area contributed by atoms with E-state index in [9.17, 15) is 9.59 Å². The number of nitrogens with one attached hydrogen (secondary N) is 2. The van der Waals surface area contributed by atoms with Crippen LogP contribution in [0.5, 0.6) is 0 Å². The van der Waals surface area contributed by atoms with Gasteiger partial charge in [-0.1, -0.05) is 18.3 Å². The Morgan fingerprint density at radius 2 is 2.00 bits per heavy atom. The van der Waals surface area contributed by atoms with Gasteiger partial charge in [0.25, 0.3) is 5.91 Å². The van der Waals surface area contributed by atoms with Gasteiger partial charge in [0.15, 0.2) is 0 Å². The summed E-state index contributed by atoms with van der Waals surface area (Å²) < 4.78 is 0. The van der Waals surface area contributed by atoms with E-state index in [0.717, 1.165) is 4.88 Å². The van der Waals surface area contributed by atoms with Crippen molar-refractivity contribution in [2.24, 2.45) is 17.2 Å². The number of thiophene rings is 1. The van der Waals surface area contributed by atoms with Crippen molar-refractivity contribution in [2.45, 2.75) is 19.4 Å². The Balaban J connectivity index is 2.26. The van der Waals surface area contributed by atoms with Crippen LogP contribution in [0.15, 0.2) is 47.5 Å². The monoisotopic (exact) mass is 403 g/mol. The molecule has 1 heterocycles. The number of anilines is 2. The Kier molecular flexibility index (Phi) is 6.91. The molecular weight excluding hydrogens is 382 g/mol. The third kappa shape index (κ3) is 6.08. The number of carbonyl (C=O) groups excluding carboxylic acids is 2. The standard InChI is InChI=1S/C18H21N5O2S2/c1-10(19)7-16(26)23-14-8-11(4-5-13(14)17(20)24)22-15(18(21)25)9-12-3-2-6-27-12/h2-8,15,22H,9,19H2,1H3,(H2,20,24)(H2,21,25)(H,23,26). The summed E-state index contributed by atoms with van der Waals surface area (Å²) in [5.74, 6) is -1.08. The van der Waals surface area contributed by atoms with Gasteiger partial charge in [0, 0.05) is 22.7 Å². The summed E-state index contributed by atoms with van der Waals surface area (Å²) in [6.07, 6.45) is 2.02. The number of nitrogens with two attached hydrogens (primary N) is 3. The summed E-state index contributed by atoms with van der Waals surface area (Å²) in [7, 11) is 0. The van der Waals surface area contributed by atoms with E-state index in [1.54, 1.807) is 42.5 Å². The SMILES string of the molecule is CC(N)=CC(=S)Nc1cc(NC(Cc2cccs2)C(N)=O)ccc1C(N)=O. The molecule has 1 aromatic heterocycles. The van der Waals surface area contributed by atoms with Crippen molar-refractivity contribution in [3.8, 4) is 0 Å². The minimum atomic E-state index is -0.606. The van der Waals surface area contributed by atoms with Crippen LogP contribution in [0.4, 0.5) is 11.4 Å². The molecule has 2 aromatic rings. The summed E-state index contributed by atoms with van der Waals surface area (Å²) in [6.45, 7) is 1.70. The molecular formula is C18H21N5O2S2. The Morgan fingerprint density at radius 1 is 1.26 bits per heavy atom. The number of amides is 2. The van der Waals surface area contributed by atoms with Crippen molar-refractivity contribution < 1.29 is 9.59 Å². The predicted octanol–water partition coefficient (Wildman–Crippen LogP) is 1.96. The number of primary amides is 2. The van der Waals surface area contributed by atoms with E-state index in [2.05, 4.69) is 10.6 Å². The Bertz CT molecular complexity index is 874. The smallest absolute Gasteiger partial charge is 0.250 e. The molecule has 1 unspecified atom stereocenters. The maximum atomic E-state index is 11.8. The molecule has 142 valence electrons. The fourth-order valence-electron chi connectivity index (χ4n) is 2.38. The summed E-state index contributed by atoms with van der Waals surface area (Å²) in [4.78, 5) is 24.9. The van der Waals surface area contributed by atoms with Crippen molar-refractivity contribution in [1.82, 2.24) is 0 Å². The zero-order valence-corrected chi connectivity index (χ0v) is 16.3. The van der Waals surface area contributed by atoms with Crippen LogP contribution in [-0.4, -0.2) is 22.8 Å². The lowest BCUT2D eigenvalue weighted by Gasteiger charge is -2.18. The Hall–Kier alpha value is -2.91. The number of rotatable bonds is 8. The molecule has 1 atom stereocenters. The number of thiocarbonyl (C=S) groups is 1. The molecule has 0 saturated carbocycles. The fraction of sp³-hybridized carbons (Fsp3) is 0.167. The van der Waals surface area contributed by atoms with E-state index in [1.165, 1.54) is 0 Å². The number of hydrogen-bond acceptors (Lipinski definition) is 6. The summed E-state index contributed by atoms with van der Waals surface area (Å²) in [5.41, 5.74) is 18.4. The second-order valence-electron chi connectivity index (χ2n) is 5.88. The van der Waals surface area contributed by atoms with E-state index in [-0.39, 0.29) is 5.56 Å². The average Bonchev–Trinajstić information content (AvgIpc) is 3.06. The van der Waals surface area contributed by atoms with Gasteiger partial charge in [0.1, 0.15) is 11.0 Å². The van der Waals surface area contributed by atoms with Crippen LogP contribution >= 0.6 is 23.6 Å². The molecule has 0 saturated heterocycles. The van der Waals surface area contributed by atoms with Gasteiger partial charge >= 0.3 is 0 Å². The molecule has 0 aliphatic heterocycles. The molecule has 2 rings (SSSR count). The first-order valence-corrected chi connectivity index (χ1v) is 9.32. The summed E-state index contributed by atoms with van der Waals surface area (Å²) in [6, 6.07) is 8.10. The molecule has 0 radical (unpaired) electrons. The molecule has 2 amide bonds. The van der Waals surface area contributed by atoms with E-state index in [0.29, 0.717) is 28.5 Å². The summed E-state index contributed by atoms with van der Waals surface area (Å²) >= 11 is 6.74. The third-order valence-electron chi connectivity index (χ3n) is 3.57. The molecule has 1 aromatic carbocycles. The van der Waals surface area contributed by atoms with Crippen molar-refractivity contribution in [3.63, 3.8) is 0 Å². The molecule has 0 fully saturated rings. The number of benzene rings is 1. The van der Waals surface area contributed by atoms with Crippen molar-refractivity contribution in [3.05, 3.63) is 57.9 Å². The van der Waals surface area contributed by atoms with Crippen LogP contribution in [0.3, 0.4) is 0 Å². The predicted molar refractivity (Wildman–Crippen MR) is 114 cm³/mol. The minimum Gasteiger partial charge on any atom is -0.402 e. The topological polar surface area (TPSA) is 136 Å². The summed E-state index contributed by atoms with van der Waals surface area (Å²) in [5, 5.41) is 7.96. The molecule has 8 N–H and O–H groups in total. The lowest BCUT2D eigenvalue weighted by atomic mass is 10.1. The minimum absolute atomic E-state index is 0.264. The first-order valence-electron chi connectivity index (χ1n) is 8.03. The largest absolute Gasteiger partial charge is 0.402 e. The van der Waals surface area contributed by atoms with Crippen LogP contribution in [0.1, 0.15) is 22.2 Å². The zero-order chi connectivity index (χ0) is 20.0. The van der Waals surface area contributed by atoms with E-state index >= 15 is 0 Å².